The third kappa shape index (κ3) is 5.03. The van der Waals surface area contributed by atoms with E-state index in [-0.39, 0.29) is 0 Å². The summed E-state index contributed by atoms with van der Waals surface area (Å²) >= 11 is 0. The van der Waals surface area contributed by atoms with Crippen molar-refractivity contribution in [2.75, 3.05) is 13.2 Å². The van der Waals surface area contributed by atoms with Crippen molar-refractivity contribution in [1.29, 1.82) is 0 Å². The summed E-state index contributed by atoms with van der Waals surface area (Å²) < 4.78 is 9.94. The Morgan fingerprint density at radius 1 is 1.07 bits per heavy atom. The molecule has 3 rings (SSSR count). The molecule has 0 fully saturated rings. The highest BCUT2D eigenvalue weighted by molar-refractivity contribution is 5.65. The minimum Gasteiger partial charge on any atom is -0.434 e. The van der Waals surface area contributed by atoms with Crippen LogP contribution >= 0.6 is 0 Å². The van der Waals surface area contributed by atoms with Crippen LogP contribution < -0.4 is 4.74 Å². The molecule has 0 N–H and O–H groups in total. The second-order valence-electron chi connectivity index (χ2n) is 6.95. The van der Waals surface area contributed by atoms with Gasteiger partial charge in [0, 0.05) is 18.8 Å². The molecule has 4 nitrogen and oxygen atoms in total. The molecular formula is C24H27NO3. The van der Waals surface area contributed by atoms with Gasteiger partial charge in [0.2, 0.25) is 0 Å². The molecule has 0 saturated heterocycles. The number of allylic oxidation sites excluding steroid dienone is 1. The SMILES string of the molecule is CCOC(=O)Oc1ccc(/C=C2\C(C)=C(C)CCN2Cc2ccccc2)cc1. The van der Waals surface area contributed by atoms with Crippen molar-refractivity contribution in [2.45, 2.75) is 33.7 Å². The summed E-state index contributed by atoms with van der Waals surface area (Å²) in [5.74, 6) is 0.480. The lowest BCUT2D eigenvalue weighted by Gasteiger charge is -2.33. The van der Waals surface area contributed by atoms with Gasteiger partial charge in [-0.3, -0.25) is 0 Å². The second kappa shape index (κ2) is 9.27. The fourth-order valence-corrected chi connectivity index (χ4v) is 3.27. The molecule has 0 aliphatic carbocycles. The highest BCUT2D eigenvalue weighted by Gasteiger charge is 2.19. The van der Waals surface area contributed by atoms with Crippen LogP contribution in [0.2, 0.25) is 0 Å². The molecule has 0 atom stereocenters. The number of carbonyl (C=O) groups excluding carboxylic acids is 1. The average Bonchev–Trinajstić information content (AvgIpc) is 2.70. The van der Waals surface area contributed by atoms with Crippen molar-refractivity contribution >= 4 is 12.2 Å². The van der Waals surface area contributed by atoms with Crippen LogP contribution in [0.1, 0.15) is 38.3 Å². The smallest absolute Gasteiger partial charge is 0.434 e. The molecule has 1 aliphatic rings. The Kier molecular flexibility index (Phi) is 6.53. The molecule has 28 heavy (non-hydrogen) atoms. The van der Waals surface area contributed by atoms with E-state index >= 15 is 0 Å². The lowest BCUT2D eigenvalue weighted by molar-refractivity contribution is 0.104. The zero-order valence-electron chi connectivity index (χ0n) is 16.8. The lowest BCUT2D eigenvalue weighted by atomic mass is 9.97. The van der Waals surface area contributed by atoms with Crippen molar-refractivity contribution in [3.05, 3.63) is 82.6 Å². The van der Waals surface area contributed by atoms with Crippen LogP contribution in [0.4, 0.5) is 4.79 Å². The van der Waals surface area contributed by atoms with Gasteiger partial charge in [0.15, 0.2) is 0 Å². The largest absolute Gasteiger partial charge is 0.513 e. The minimum atomic E-state index is -0.677. The van der Waals surface area contributed by atoms with E-state index < -0.39 is 6.16 Å². The monoisotopic (exact) mass is 377 g/mol. The van der Waals surface area contributed by atoms with Gasteiger partial charge in [0.25, 0.3) is 0 Å². The van der Waals surface area contributed by atoms with E-state index in [1.54, 1.807) is 19.1 Å². The van der Waals surface area contributed by atoms with Crippen molar-refractivity contribution < 1.29 is 14.3 Å². The number of nitrogens with zero attached hydrogens (tertiary/aromatic N) is 1. The van der Waals surface area contributed by atoms with E-state index in [0.29, 0.717) is 12.4 Å². The van der Waals surface area contributed by atoms with Gasteiger partial charge >= 0.3 is 6.16 Å². The van der Waals surface area contributed by atoms with Crippen LogP contribution in [0.25, 0.3) is 6.08 Å². The van der Waals surface area contributed by atoms with Gasteiger partial charge < -0.3 is 14.4 Å². The summed E-state index contributed by atoms with van der Waals surface area (Å²) in [5.41, 5.74) is 6.37. The molecule has 0 spiro atoms. The summed E-state index contributed by atoms with van der Waals surface area (Å²) in [7, 11) is 0. The predicted molar refractivity (Wildman–Crippen MR) is 112 cm³/mol. The van der Waals surface area contributed by atoms with Gasteiger partial charge in [-0.05, 0) is 62.1 Å². The summed E-state index contributed by atoms with van der Waals surface area (Å²) in [6, 6.07) is 18.0. The molecule has 1 aliphatic heterocycles. The van der Waals surface area contributed by atoms with Gasteiger partial charge in [-0.25, -0.2) is 4.79 Å². The van der Waals surface area contributed by atoms with Crippen LogP contribution in [0.3, 0.4) is 0 Å². The number of carbonyl (C=O) groups is 1. The van der Waals surface area contributed by atoms with Gasteiger partial charge in [0.1, 0.15) is 5.75 Å². The first-order chi connectivity index (χ1) is 13.6. The summed E-state index contributed by atoms with van der Waals surface area (Å²) in [4.78, 5) is 13.9. The quantitative estimate of drug-likeness (QED) is 0.487. The molecule has 4 heteroatoms. The lowest BCUT2D eigenvalue weighted by Crippen LogP contribution is -2.28. The fourth-order valence-electron chi connectivity index (χ4n) is 3.27. The highest BCUT2D eigenvalue weighted by atomic mass is 16.7. The maximum absolute atomic E-state index is 11.4. The molecule has 2 aromatic carbocycles. The van der Waals surface area contributed by atoms with E-state index in [1.807, 2.05) is 18.2 Å². The Hall–Kier alpha value is -3.01. The molecule has 0 saturated carbocycles. The van der Waals surface area contributed by atoms with Crippen LogP contribution in [-0.2, 0) is 11.3 Å². The highest BCUT2D eigenvalue weighted by Crippen LogP contribution is 2.30. The van der Waals surface area contributed by atoms with Crippen molar-refractivity contribution in [1.82, 2.24) is 4.90 Å². The van der Waals surface area contributed by atoms with Gasteiger partial charge in [0.05, 0.1) is 6.61 Å². The summed E-state index contributed by atoms with van der Waals surface area (Å²) in [6.07, 6.45) is 2.61. The molecular weight excluding hydrogens is 350 g/mol. The standard InChI is InChI=1S/C24H27NO3/c1-4-27-24(26)28-22-12-10-20(11-13-22)16-23-19(3)18(2)14-15-25(23)17-21-8-6-5-7-9-21/h5-13,16H,4,14-15,17H2,1-3H3/b23-16+. The summed E-state index contributed by atoms with van der Waals surface area (Å²) in [6.45, 7) is 8.34. The Bertz CT molecular complexity index is 866. The molecule has 0 bridgehead atoms. The number of hydrogen-bond acceptors (Lipinski definition) is 4. The van der Waals surface area contributed by atoms with E-state index in [4.69, 9.17) is 9.47 Å². The maximum Gasteiger partial charge on any atom is 0.513 e. The van der Waals surface area contributed by atoms with Crippen molar-refractivity contribution in [3.8, 4) is 5.75 Å². The summed E-state index contributed by atoms with van der Waals surface area (Å²) in [5, 5.41) is 0. The number of ether oxygens (including phenoxy) is 2. The first-order valence-electron chi connectivity index (χ1n) is 9.68. The second-order valence-corrected chi connectivity index (χ2v) is 6.95. The van der Waals surface area contributed by atoms with Crippen LogP contribution in [0.5, 0.6) is 5.75 Å². The number of rotatable bonds is 5. The van der Waals surface area contributed by atoms with E-state index in [2.05, 4.69) is 49.1 Å². The Balaban J connectivity index is 1.81. The van der Waals surface area contributed by atoms with Crippen LogP contribution in [-0.4, -0.2) is 24.2 Å². The average molecular weight is 377 g/mol. The third-order valence-corrected chi connectivity index (χ3v) is 4.98. The molecule has 0 aromatic heterocycles. The van der Waals surface area contributed by atoms with Gasteiger partial charge in [-0.15, -0.1) is 0 Å². The van der Waals surface area contributed by atoms with Gasteiger partial charge in [-0.1, -0.05) is 48.0 Å². The minimum absolute atomic E-state index is 0.297. The topological polar surface area (TPSA) is 38.8 Å². The molecule has 146 valence electrons. The molecule has 0 unspecified atom stereocenters. The predicted octanol–water partition coefficient (Wildman–Crippen LogP) is 5.81. The van der Waals surface area contributed by atoms with E-state index in [0.717, 1.165) is 25.1 Å². The first kappa shape index (κ1) is 19.7. The van der Waals surface area contributed by atoms with Crippen molar-refractivity contribution in [3.63, 3.8) is 0 Å². The normalized spacial score (nSPS) is 15.7. The van der Waals surface area contributed by atoms with Crippen LogP contribution in [0, 0.1) is 0 Å². The van der Waals surface area contributed by atoms with E-state index in [9.17, 15) is 4.79 Å². The number of benzene rings is 2. The molecule has 0 amide bonds. The fraction of sp³-hybridized carbons (Fsp3) is 0.292. The molecule has 1 heterocycles. The Morgan fingerprint density at radius 3 is 2.46 bits per heavy atom. The molecule has 0 radical (unpaired) electrons. The maximum atomic E-state index is 11.4. The number of hydrogen-bond donors (Lipinski definition) is 0. The zero-order valence-corrected chi connectivity index (χ0v) is 16.8. The van der Waals surface area contributed by atoms with Crippen LogP contribution in [0.15, 0.2) is 71.4 Å². The first-order valence-corrected chi connectivity index (χ1v) is 9.68. The molecule has 2 aromatic rings. The third-order valence-electron chi connectivity index (χ3n) is 4.98. The van der Waals surface area contributed by atoms with Gasteiger partial charge in [-0.2, -0.15) is 0 Å². The van der Waals surface area contributed by atoms with Crippen molar-refractivity contribution in [2.24, 2.45) is 0 Å². The Labute approximate surface area is 167 Å². The Morgan fingerprint density at radius 2 is 1.79 bits per heavy atom. The van der Waals surface area contributed by atoms with E-state index in [1.165, 1.54) is 22.4 Å². The zero-order chi connectivity index (χ0) is 19.9.